The highest BCUT2D eigenvalue weighted by atomic mass is 32.1. The number of carbonyl (C=O) groups excluding carboxylic acids is 2. The van der Waals surface area contributed by atoms with E-state index in [0.29, 0.717) is 0 Å². The molecule has 0 aromatic carbocycles. The molecule has 3 aliphatic rings. The molecular formula is C13H19N2O3S-. The van der Waals surface area contributed by atoms with Gasteiger partial charge in [-0.2, -0.15) is 0 Å². The van der Waals surface area contributed by atoms with Crippen LogP contribution in [0.1, 0.15) is 12.8 Å². The van der Waals surface area contributed by atoms with Crippen LogP contribution >= 0.6 is 0 Å². The van der Waals surface area contributed by atoms with Crippen LogP contribution in [0.5, 0.6) is 0 Å². The van der Waals surface area contributed by atoms with Crippen molar-refractivity contribution in [1.29, 1.82) is 0 Å². The highest BCUT2D eigenvalue weighted by molar-refractivity contribution is 7.77. The molecule has 0 saturated carbocycles. The van der Waals surface area contributed by atoms with E-state index >= 15 is 0 Å². The molecule has 3 rings (SSSR count). The smallest absolute Gasteiger partial charge is 0.229 e. The van der Waals surface area contributed by atoms with Gasteiger partial charge in [-0.25, -0.2) is 0 Å². The van der Waals surface area contributed by atoms with Crippen LogP contribution in [0.2, 0.25) is 0 Å². The van der Waals surface area contributed by atoms with Gasteiger partial charge < -0.3 is 32.0 Å². The minimum atomic E-state index is -0.388. The van der Waals surface area contributed by atoms with E-state index in [9.17, 15) is 9.59 Å². The van der Waals surface area contributed by atoms with Crippen LogP contribution < -0.4 is 0 Å². The summed E-state index contributed by atoms with van der Waals surface area (Å²) in [6, 6.07) is 0. The molecule has 0 aromatic rings. The third-order valence-electron chi connectivity index (χ3n) is 4.65. The van der Waals surface area contributed by atoms with Crippen LogP contribution in [-0.2, 0) is 27.0 Å². The lowest BCUT2D eigenvalue weighted by molar-refractivity contribution is -0.141. The van der Waals surface area contributed by atoms with E-state index < -0.39 is 0 Å². The number of nitrogens with zero attached hydrogens (tertiary/aromatic N) is 2. The molecule has 3 heterocycles. The molecule has 4 atom stereocenters. The van der Waals surface area contributed by atoms with E-state index in [4.69, 9.17) is 17.4 Å². The fourth-order valence-electron chi connectivity index (χ4n) is 3.53. The maximum atomic E-state index is 12.6. The summed E-state index contributed by atoms with van der Waals surface area (Å²) < 4.78 is 5.75. The third-order valence-corrected chi connectivity index (χ3v) is 4.92. The first kappa shape index (κ1) is 13.3. The Labute approximate surface area is 118 Å². The summed E-state index contributed by atoms with van der Waals surface area (Å²) in [7, 11) is 2.05. The second-order valence-corrected chi connectivity index (χ2v) is 6.19. The molecule has 5 nitrogen and oxygen atoms in total. The fraction of sp³-hybridized carbons (Fsp3) is 0.846. The van der Waals surface area contributed by atoms with E-state index in [1.807, 2.05) is 4.90 Å². The van der Waals surface area contributed by atoms with Gasteiger partial charge in [0.15, 0.2) is 0 Å². The maximum absolute atomic E-state index is 12.6. The van der Waals surface area contributed by atoms with Gasteiger partial charge in [0.2, 0.25) is 5.91 Å². The zero-order chi connectivity index (χ0) is 13.6. The molecular weight excluding hydrogens is 264 g/mol. The Morgan fingerprint density at radius 3 is 2.21 bits per heavy atom. The number of likely N-dealkylation sites (N-methyl/N-ethyl adjacent to an activating group) is 1. The van der Waals surface area contributed by atoms with Crippen molar-refractivity contribution in [3.05, 3.63) is 0 Å². The summed E-state index contributed by atoms with van der Waals surface area (Å²) in [4.78, 5) is 28.4. The number of amides is 1. The molecule has 0 aromatic heterocycles. The second-order valence-electron chi connectivity index (χ2n) is 5.79. The third kappa shape index (κ3) is 2.26. The van der Waals surface area contributed by atoms with Crippen molar-refractivity contribution in [2.45, 2.75) is 25.0 Å². The number of hydrogen-bond donors (Lipinski definition) is 0. The van der Waals surface area contributed by atoms with E-state index in [-0.39, 0.29) is 35.1 Å². The molecule has 3 aliphatic heterocycles. The summed E-state index contributed by atoms with van der Waals surface area (Å²) in [5.41, 5.74) is 0. The first-order valence-corrected chi connectivity index (χ1v) is 7.32. The zero-order valence-electron chi connectivity index (χ0n) is 11.1. The van der Waals surface area contributed by atoms with Crippen molar-refractivity contribution in [2.24, 2.45) is 11.8 Å². The van der Waals surface area contributed by atoms with Crippen molar-refractivity contribution in [3.63, 3.8) is 0 Å². The summed E-state index contributed by atoms with van der Waals surface area (Å²) in [5, 5.41) is -0.306. The second kappa shape index (κ2) is 5.00. The minimum absolute atomic E-state index is 0.0727. The predicted octanol–water partition coefficient (Wildman–Crippen LogP) is -0.373. The van der Waals surface area contributed by atoms with E-state index in [1.165, 1.54) is 0 Å². The molecule has 3 saturated heterocycles. The normalized spacial score (nSPS) is 38.7. The van der Waals surface area contributed by atoms with E-state index in [0.717, 1.165) is 39.0 Å². The molecule has 1 amide bonds. The molecule has 0 radical (unpaired) electrons. The van der Waals surface area contributed by atoms with Gasteiger partial charge in [-0.1, -0.05) is 0 Å². The van der Waals surface area contributed by atoms with Crippen molar-refractivity contribution in [1.82, 2.24) is 9.80 Å². The van der Waals surface area contributed by atoms with E-state index in [1.54, 1.807) is 0 Å². The number of carbonyl (C=O) groups is 2. The summed E-state index contributed by atoms with van der Waals surface area (Å²) in [6.45, 7) is 3.25. The molecule has 19 heavy (non-hydrogen) atoms. The monoisotopic (exact) mass is 283 g/mol. The first-order chi connectivity index (χ1) is 9.08. The molecule has 4 unspecified atom stereocenters. The Hall–Kier alpha value is -0.720. The van der Waals surface area contributed by atoms with Crippen molar-refractivity contribution < 1.29 is 14.3 Å². The Kier molecular flexibility index (Phi) is 3.49. The minimum Gasteiger partial charge on any atom is -0.742 e. The number of ether oxygens (including phenoxy) is 1. The average molecular weight is 283 g/mol. The molecule has 6 heteroatoms. The Balaban J connectivity index is 1.73. The highest BCUT2D eigenvalue weighted by Crippen LogP contribution is 2.44. The quantitative estimate of drug-likeness (QED) is 0.647. The summed E-state index contributed by atoms with van der Waals surface area (Å²) >= 11 is 4.82. The Bertz CT molecular complexity index is 395. The van der Waals surface area contributed by atoms with Crippen LogP contribution in [0.15, 0.2) is 0 Å². The lowest BCUT2D eigenvalue weighted by Crippen LogP contribution is -2.52. The zero-order valence-corrected chi connectivity index (χ0v) is 11.9. The molecule has 3 fully saturated rings. The van der Waals surface area contributed by atoms with Crippen LogP contribution in [-0.4, -0.2) is 66.3 Å². The number of fused-ring (bicyclic) bond motifs is 2. The highest BCUT2D eigenvalue weighted by Gasteiger charge is 2.53. The SMILES string of the molecule is CN1CCN(C(=O)C2C3CCC(O3)C2C(=O)[S-])CC1. The number of piperazine rings is 1. The average Bonchev–Trinajstić information content (AvgIpc) is 2.98. The topological polar surface area (TPSA) is 49.9 Å². The molecule has 2 bridgehead atoms. The van der Waals surface area contributed by atoms with Gasteiger partial charge in [-0.3, -0.25) is 4.79 Å². The largest absolute Gasteiger partial charge is 0.742 e. The molecule has 0 aliphatic carbocycles. The van der Waals surface area contributed by atoms with Gasteiger partial charge in [-0.15, -0.1) is 0 Å². The lowest BCUT2D eigenvalue weighted by Gasteiger charge is -2.37. The Morgan fingerprint density at radius 1 is 1.05 bits per heavy atom. The van der Waals surface area contributed by atoms with Crippen LogP contribution in [0.4, 0.5) is 0 Å². The number of rotatable bonds is 2. The molecule has 0 N–H and O–H groups in total. The fourth-order valence-corrected chi connectivity index (χ4v) is 3.83. The van der Waals surface area contributed by atoms with Gasteiger partial charge in [0, 0.05) is 37.2 Å². The van der Waals surface area contributed by atoms with Gasteiger partial charge in [0.05, 0.1) is 18.1 Å². The van der Waals surface area contributed by atoms with Crippen LogP contribution in [0, 0.1) is 11.8 Å². The molecule has 106 valence electrons. The van der Waals surface area contributed by atoms with Crippen molar-refractivity contribution >= 4 is 23.7 Å². The van der Waals surface area contributed by atoms with Crippen molar-refractivity contribution in [2.75, 3.05) is 33.2 Å². The van der Waals surface area contributed by atoms with Gasteiger partial charge in [0.25, 0.3) is 0 Å². The first-order valence-electron chi connectivity index (χ1n) is 6.91. The van der Waals surface area contributed by atoms with Gasteiger partial charge >= 0.3 is 0 Å². The summed E-state index contributed by atoms with van der Waals surface area (Å²) in [5.74, 6) is -0.642. The molecule has 0 spiro atoms. The standard InChI is InChI=1S/C13H20N2O3S/c1-14-4-6-15(7-5-14)12(16)10-8-2-3-9(18-8)11(10)13(17)19/h8-11H,2-7H2,1H3,(H,17,19)/p-1. The predicted molar refractivity (Wildman–Crippen MR) is 71.3 cm³/mol. The summed E-state index contributed by atoms with van der Waals surface area (Å²) in [6.07, 6.45) is 1.54. The van der Waals surface area contributed by atoms with Crippen LogP contribution in [0.25, 0.3) is 0 Å². The van der Waals surface area contributed by atoms with Crippen LogP contribution in [0.3, 0.4) is 0 Å². The van der Waals surface area contributed by atoms with E-state index in [2.05, 4.69) is 11.9 Å². The lowest BCUT2D eigenvalue weighted by atomic mass is 9.79. The van der Waals surface area contributed by atoms with Crippen molar-refractivity contribution in [3.8, 4) is 0 Å². The maximum Gasteiger partial charge on any atom is 0.229 e. The van der Waals surface area contributed by atoms with Gasteiger partial charge in [-0.05, 0) is 19.9 Å². The van der Waals surface area contributed by atoms with Gasteiger partial charge in [0.1, 0.15) is 0 Å². The Morgan fingerprint density at radius 2 is 1.63 bits per heavy atom. The number of hydrogen-bond acceptors (Lipinski definition) is 5.